The Balaban J connectivity index is 0.0000194. The first-order chi connectivity index (χ1) is 21.5. The molecule has 0 spiro atoms. The second kappa shape index (κ2) is 31.5. The van der Waals surface area contributed by atoms with Gasteiger partial charge >= 0.3 is 5.97 Å². The minimum absolute atomic E-state index is 0. The van der Waals surface area contributed by atoms with Crippen molar-refractivity contribution in [1.29, 1.82) is 0 Å². The van der Waals surface area contributed by atoms with Gasteiger partial charge in [-0.1, -0.05) is 186 Å². The second-order valence-corrected chi connectivity index (χ2v) is 14.4. The molecule has 0 aliphatic heterocycles. The summed E-state index contributed by atoms with van der Waals surface area (Å²) in [5.41, 5.74) is 2.96. The van der Waals surface area contributed by atoms with Gasteiger partial charge < -0.3 is 21.6 Å². The summed E-state index contributed by atoms with van der Waals surface area (Å²) in [7, 11) is 4.53. The third kappa shape index (κ3) is 27.7. The molecule has 264 valence electrons. The van der Waals surface area contributed by atoms with Crippen LogP contribution in [0.5, 0.6) is 0 Å². The lowest BCUT2D eigenvalue weighted by Crippen LogP contribution is -3.00. The Hall–Kier alpha value is -1.06. The number of carbonyl (C=O) groups excluding carboxylic acids is 1. The van der Waals surface area contributed by atoms with Gasteiger partial charge in [-0.2, -0.15) is 0 Å². The molecule has 4 heteroatoms. The molecule has 0 amide bonds. The lowest BCUT2D eigenvalue weighted by atomic mass is 9.99. The predicted molar refractivity (Wildman–Crippen MR) is 193 cm³/mol. The number of halogens is 1. The Labute approximate surface area is 288 Å². The molecule has 0 unspecified atom stereocenters. The minimum Gasteiger partial charge on any atom is -1.00 e. The molecule has 0 aliphatic carbocycles. The Morgan fingerprint density at radius 2 is 0.933 bits per heavy atom. The van der Waals surface area contributed by atoms with Crippen LogP contribution >= 0.6 is 0 Å². The molecule has 0 bridgehead atoms. The van der Waals surface area contributed by atoms with Gasteiger partial charge in [-0.25, -0.2) is 0 Å². The number of hydrogen-bond acceptors (Lipinski definition) is 2. The minimum atomic E-state index is -0.0129. The molecule has 0 fully saturated rings. The number of likely N-dealkylation sites (N-methyl/N-ethyl adjacent to an activating group) is 1. The summed E-state index contributed by atoms with van der Waals surface area (Å²) >= 11 is 0. The molecule has 1 aromatic carbocycles. The largest absolute Gasteiger partial charge is 1.00 e. The van der Waals surface area contributed by atoms with Gasteiger partial charge in [0.25, 0.3) is 0 Å². The monoisotopic (exact) mass is 650 g/mol. The molecule has 0 saturated heterocycles. The zero-order valence-corrected chi connectivity index (χ0v) is 31.4. The molecule has 0 N–H and O–H groups in total. The molecule has 0 aliphatic rings. The molecule has 0 atom stereocenters. The van der Waals surface area contributed by atoms with Crippen molar-refractivity contribution < 1.29 is 26.4 Å². The number of quaternary nitrogens is 1. The maximum atomic E-state index is 12.3. The topological polar surface area (TPSA) is 26.3 Å². The van der Waals surface area contributed by atoms with Crippen molar-refractivity contribution >= 4 is 5.97 Å². The molecule has 1 aromatic rings. The van der Waals surface area contributed by atoms with Crippen molar-refractivity contribution in [3.05, 3.63) is 35.4 Å². The van der Waals surface area contributed by atoms with Gasteiger partial charge in [-0.3, -0.25) is 4.79 Å². The lowest BCUT2D eigenvalue weighted by molar-refractivity contribution is -0.903. The number of aryl methyl sites for hydroxylation is 1. The fourth-order valence-electron chi connectivity index (χ4n) is 6.42. The molecule has 0 radical (unpaired) electrons. The number of carbonyl (C=O) groups is 1. The number of nitrogens with zero attached hydrogens (tertiary/aromatic N) is 1. The highest BCUT2D eigenvalue weighted by Crippen LogP contribution is 2.19. The number of unbranched alkanes of at least 4 members (excludes halogenated alkanes) is 23. The van der Waals surface area contributed by atoms with Crippen LogP contribution in [-0.2, 0) is 22.5 Å². The van der Waals surface area contributed by atoms with Gasteiger partial charge in [-0.15, -0.1) is 0 Å². The van der Waals surface area contributed by atoms with E-state index >= 15 is 0 Å². The van der Waals surface area contributed by atoms with Crippen LogP contribution in [0.4, 0.5) is 0 Å². The van der Waals surface area contributed by atoms with Crippen molar-refractivity contribution in [2.75, 3.05) is 27.2 Å². The quantitative estimate of drug-likeness (QED) is 0.0441. The van der Waals surface area contributed by atoms with Crippen LogP contribution in [0.15, 0.2) is 24.3 Å². The highest BCUT2D eigenvalue weighted by atomic mass is 35.5. The molecule has 0 saturated carbocycles. The van der Waals surface area contributed by atoms with E-state index < -0.39 is 0 Å². The molecular formula is C41H76ClNO2. The first-order valence-corrected chi connectivity index (χ1v) is 19.5. The normalized spacial score (nSPS) is 11.5. The number of rotatable bonds is 32. The first-order valence-electron chi connectivity index (χ1n) is 19.5. The van der Waals surface area contributed by atoms with Gasteiger partial charge in [0.2, 0.25) is 0 Å². The maximum Gasteiger partial charge on any atom is 0.305 e. The smallest absolute Gasteiger partial charge is 0.305 e. The van der Waals surface area contributed by atoms with Gasteiger partial charge in [0, 0.05) is 12.0 Å². The number of benzene rings is 1. The third-order valence-electron chi connectivity index (χ3n) is 9.46. The van der Waals surface area contributed by atoms with Crippen molar-refractivity contribution in [3.8, 4) is 0 Å². The molecule has 3 nitrogen and oxygen atoms in total. The van der Waals surface area contributed by atoms with Gasteiger partial charge in [0.1, 0.15) is 19.7 Å². The van der Waals surface area contributed by atoms with Gasteiger partial charge in [0.05, 0.1) is 14.1 Å². The standard InChI is InChI=1S/C41H76NO2.ClH/c1-5-7-9-11-13-15-17-18-19-20-21-23-25-27-29-35-41(43)44-37-36-42(3,4)38-40-34-31-30-33-39(40)32-28-26-24-22-16-14-12-10-8-6-2;/h30-31,33-34H,5-29,32,35-38H2,1-4H3;1H/q+1;/p-1. The Morgan fingerprint density at radius 3 is 1.38 bits per heavy atom. The van der Waals surface area contributed by atoms with E-state index in [1.165, 1.54) is 165 Å². The van der Waals surface area contributed by atoms with Crippen molar-refractivity contribution in [2.45, 2.75) is 194 Å². The van der Waals surface area contributed by atoms with E-state index in [9.17, 15) is 4.79 Å². The van der Waals surface area contributed by atoms with Crippen LogP contribution in [0, 0.1) is 0 Å². The summed E-state index contributed by atoms with van der Waals surface area (Å²) in [6.45, 7) is 6.95. The van der Waals surface area contributed by atoms with Crippen molar-refractivity contribution in [2.24, 2.45) is 0 Å². The Kier molecular flexibility index (Phi) is 30.8. The predicted octanol–water partition coefficient (Wildman–Crippen LogP) is 9.54. The zero-order chi connectivity index (χ0) is 32.0. The number of hydrogen-bond donors (Lipinski definition) is 0. The highest BCUT2D eigenvalue weighted by Gasteiger charge is 2.18. The Bertz CT molecular complexity index is 781. The summed E-state index contributed by atoms with van der Waals surface area (Å²) in [6.07, 6.45) is 35.8. The van der Waals surface area contributed by atoms with E-state index in [0.29, 0.717) is 13.0 Å². The van der Waals surface area contributed by atoms with Crippen LogP contribution in [0.25, 0.3) is 0 Å². The van der Waals surface area contributed by atoms with Crippen LogP contribution in [0.2, 0.25) is 0 Å². The maximum absolute atomic E-state index is 12.3. The second-order valence-electron chi connectivity index (χ2n) is 14.4. The van der Waals surface area contributed by atoms with Crippen LogP contribution in [-0.4, -0.2) is 37.7 Å². The van der Waals surface area contributed by atoms with Crippen molar-refractivity contribution in [1.82, 2.24) is 0 Å². The lowest BCUT2D eigenvalue weighted by Gasteiger charge is -2.30. The third-order valence-corrected chi connectivity index (χ3v) is 9.46. The summed E-state index contributed by atoms with van der Waals surface area (Å²) in [6, 6.07) is 8.98. The van der Waals surface area contributed by atoms with Gasteiger partial charge in [0.15, 0.2) is 0 Å². The SMILES string of the molecule is CCCCCCCCCCCCCCCCCC(=O)OCC[N+](C)(C)Cc1ccccc1CCCCCCCCCCCC.[Cl-]. The molecule has 0 heterocycles. The average Bonchev–Trinajstić information content (AvgIpc) is 3.00. The van der Waals surface area contributed by atoms with Crippen molar-refractivity contribution in [3.63, 3.8) is 0 Å². The van der Waals surface area contributed by atoms with E-state index in [1.807, 2.05) is 0 Å². The zero-order valence-electron chi connectivity index (χ0n) is 30.7. The van der Waals surface area contributed by atoms with Gasteiger partial charge in [-0.05, 0) is 24.8 Å². The molecule has 45 heavy (non-hydrogen) atoms. The van der Waals surface area contributed by atoms with Crippen LogP contribution < -0.4 is 12.4 Å². The summed E-state index contributed by atoms with van der Waals surface area (Å²) < 4.78 is 6.50. The average molecular weight is 651 g/mol. The first kappa shape index (κ1) is 43.9. The summed E-state index contributed by atoms with van der Waals surface area (Å²) in [5.74, 6) is -0.0129. The fraction of sp³-hybridized carbons (Fsp3) is 0.829. The fourth-order valence-corrected chi connectivity index (χ4v) is 6.42. The van der Waals surface area contributed by atoms with Crippen LogP contribution in [0.1, 0.15) is 192 Å². The van der Waals surface area contributed by atoms with E-state index in [1.54, 1.807) is 0 Å². The summed E-state index contributed by atoms with van der Waals surface area (Å²) in [4.78, 5) is 12.3. The Morgan fingerprint density at radius 1 is 0.556 bits per heavy atom. The molecule has 1 rings (SSSR count). The highest BCUT2D eigenvalue weighted by molar-refractivity contribution is 5.69. The number of esters is 1. The number of ether oxygens (including phenoxy) is 1. The van der Waals surface area contributed by atoms with E-state index in [4.69, 9.17) is 4.74 Å². The molecular weight excluding hydrogens is 574 g/mol. The summed E-state index contributed by atoms with van der Waals surface area (Å²) in [5, 5.41) is 0. The van der Waals surface area contributed by atoms with Crippen LogP contribution in [0.3, 0.4) is 0 Å². The van der Waals surface area contributed by atoms with E-state index in [0.717, 1.165) is 30.4 Å². The van der Waals surface area contributed by atoms with E-state index in [-0.39, 0.29) is 18.4 Å². The van der Waals surface area contributed by atoms with E-state index in [2.05, 4.69) is 52.2 Å². The molecule has 0 aromatic heterocycles.